The van der Waals surface area contributed by atoms with Crippen molar-refractivity contribution in [2.75, 3.05) is 46.2 Å². The van der Waals surface area contributed by atoms with Crippen LogP contribution in [0.2, 0.25) is 0 Å². The average Bonchev–Trinajstić information content (AvgIpc) is 2.53. The van der Waals surface area contributed by atoms with E-state index in [0.29, 0.717) is 50.6 Å². The van der Waals surface area contributed by atoms with E-state index in [2.05, 4.69) is 48.2 Å². The highest BCUT2D eigenvalue weighted by atomic mass is 32.2. The zero-order valence-corrected chi connectivity index (χ0v) is 17.4. The van der Waals surface area contributed by atoms with Crippen LogP contribution in [0.5, 0.6) is 0 Å². The van der Waals surface area contributed by atoms with E-state index in [-0.39, 0.29) is 0 Å². The predicted octanol–water partition coefficient (Wildman–Crippen LogP) is 0.864. The van der Waals surface area contributed by atoms with Crippen LogP contribution in [-0.2, 0) is 14.6 Å². The molecule has 1 saturated heterocycles. The number of guanidine groups is 1. The Hall–Kier alpha value is -0.860. The molecule has 25 heavy (non-hydrogen) atoms. The molecule has 0 radical (unpaired) electrons. The fourth-order valence-corrected chi connectivity index (χ4v) is 4.55. The highest BCUT2D eigenvalue weighted by Gasteiger charge is 2.42. The summed E-state index contributed by atoms with van der Waals surface area (Å²) >= 11 is 0. The van der Waals surface area contributed by atoms with Gasteiger partial charge in [-0.15, -0.1) is 0 Å². The van der Waals surface area contributed by atoms with Gasteiger partial charge >= 0.3 is 0 Å². The molecule has 148 valence electrons. The van der Waals surface area contributed by atoms with Crippen molar-refractivity contribution in [2.45, 2.75) is 57.4 Å². The largest absolute Gasteiger partial charge is 0.381 e. The molecule has 2 N–H and O–H groups in total. The third-order valence-electron chi connectivity index (χ3n) is 4.98. The summed E-state index contributed by atoms with van der Waals surface area (Å²) in [7, 11) is -1.48. The van der Waals surface area contributed by atoms with Crippen LogP contribution < -0.4 is 10.6 Å². The molecular weight excluding hydrogens is 340 g/mol. The molecule has 0 aromatic carbocycles. The minimum Gasteiger partial charge on any atom is -0.381 e. The Balaban J connectivity index is 2.58. The molecule has 0 amide bonds. The molecule has 8 heteroatoms. The van der Waals surface area contributed by atoms with Crippen LogP contribution in [0.1, 0.15) is 40.5 Å². The Labute approximate surface area is 153 Å². The number of nitrogens with zero attached hydrogens (tertiary/aromatic N) is 2. The van der Waals surface area contributed by atoms with Crippen molar-refractivity contribution >= 4 is 15.8 Å². The summed E-state index contributed by atoms with van der Waals surface area (Å²) in [4.78, 5) is 6.62. The lowest BCUT2D eigenvalue weighted by molar-refractivity contribution is 0.0756. The first-order valence-corrected chi connectivity index (χ1v) is 11.0. The Morgan fingerprint density at radius 1 is 1.16 bits per heavy atom. The molecule has 1 aliphatic rings. The van der Waals surface area contributed by atoms with Crippen molar-refractivity contribution in [3.63, 3.8) is 0 Å². The van der Waals surface area contributed by atoms with Gasteiger partial charge < -0.3 is 15.4 Å². The molecule has 0 aliphatic carbocycles. The van der Waals surface area contributed by atoms with E-state index in [1.165, 1.54) is 6.26 Å². The van der Waals surface area contributed by atoms with Crippen molar-refractivity contribution in [1.29, 1.82) is 0 Å². The first-order valence-electron chi connectivity index (χ1n) is 9.10. The van der Waals surface area contributed by atoms with Crippen LogP contribution in [0.25, 0.3) is 0 Å². The Bertz CT molecular complexity index is 518. The predicted molar refractivity (Wildman–Crippen MR) is 104 cm³/mol. The fourth-order valence-electron chi connectivity index (χ4n) is 3.30. The molecule has 7 nitrogen and oxygen atoms in total. The molecule has 0 aromatic rings. The zero-order chi connectivity index (χ0) is 19.1. The van der Waals surface area contributed by atoms with E-state index in [1.54, 1.807) is 7.05 Å². The number of hydrogen-bond acceptors (Lipinski definition) is 5. The van der Waals surface area contributed by atoms with Gasteiger partial charge in [0.1, 0.15) is 0 Å². The van der Waals surface area contributed by atoms with E-state index in [9.17, 15) is 8.42 Å². The van der Waals surface area contributed by atoms with E-state index in [4.69, 9.17) is 4.74 Å². The van der Waals surface area contributed by atoms with Crippen molar-refractivity contribution in [3.05, 3.63) is 0 Å². The topological polar surface area (TPSA) is 83.0 Å². The van der Waals surface area contributed by atoms with Gasteiger partial charge in [0, 0.05) is 58.2 Å². The second kappa shape index (κ2) is 9.73. The number of ether oxygens (including phenoxy) is 1. The van der Waals surface area contributed by atoms with Crippen LogP contribution in [-0.4, -0.2) is 82.3 Å². The first-order chi connectivity index (χ1) is 11.6. The van der Waals surface area contributed by atoms with Crippen molar-refractivity contribution in [1.82, 2.24) is 15.5 Å². The third-order valence-corrected chi connectivity index (χ3v) is 7.11. The number of rotatable bonds is 8. The summed E-state index contributed by atoms with van der Waals surface area (Å²) in [6.07, 6.45) is 2.36. The maximum absolute atomic E-state index is 12.3. The van der Waals surface area contributed by atoms with Crippen molar-refractivity contribution in [3.8, 4) is 0 Å². The van der Waals surface area contributed by atoms with Crippen molar-refractivity contribution < 1.29 is 13.2 Å². The molecular formula is C17H36N4O3S. The SMILES string of the molecule is CN=C(NCCN(C(C)C)C(C)C)NCC1(S(C)(=O)=O)CCOCC1. The summed E-state index contributed by atoms with van der Waals surface area (Å²) in [5, 5.41) is 6.49. The highest BCUT2D eigenvalue weighted by Crippen LogP contribution is 2.28. The van der Waals surface area contributed by atoms with Gasteiger partial charge in [-0.25, -0.2) is 8.42 Å². The van der Waals surface area contributed by atoms with Gasteiger partial charge in [0.2, 0.25) is 0 Å². The number of sulfone groups is 1. The lowest BCUT2D eigenvalue weighted by Crippen LogP contribution is -2.54. The molecule has 0 atom stereocenters. The summed E-state index contributed by atoms with van der Waals surface area (Å²) in [6.45, 7) is 11.7. The monoisotopic (exact) mass is 376 g/mol. The second-order valence-corrected chi connectivity index (χ2v) is 9.76. The van der Waals surface area contributed by atoms with E-state index in [1.807, 2.05) is 0 Å². The summed E-state index contributed by atoms with van der Waals surface area (Å²) in [5.41, 5.74) is 0. The standard InChI is InChI=1S/C17H36N4O3S/c1-14(2)21(15(3)4)10-9-19-16(18-5)20-13-17(25(6,22)23)7-11-24-12-8-17/h14-15H,7-13H2,1-6H3,(H2,18,19,20). The van der Waals surface area contributed by atoms with Gasteiger partial charge in [0.05, 0.1) is 4.75 Å². The van der Waals surface area contributed by atoms with Gasteiger partial charge in [0.25, 0.3) is 0 Å². The van der Waals surface area contributed by atoms with Crippen LogP contribution in [0.3, 0.4) is 0 Å². The average molecular weight is 377 g/mol. The first kappa shape index (κ1) is 22.2. The second-order valence-electron chi connectivity index (χ2n) is 7.35. The Morgan fingerprint density at radius 2 is 1.72 bits per heavy atom. The van der Waals surface area contributed by atoms with E-state index >= 15 is 0 Å². The third kappa shape index (κ3) is 6.42. The van der Waals surface area contributed by atoms with Gasteiger partial charge in [0.15, 0.2) is 15.8 Å². The van der Waals surface area contributed by atoms with Crippen LogP contribution in [0.15, 0.2) is 4.99 Å². The zero-order valence-electron chi connectivity index (χ0n) is 16.6. The Morgan fingerprint density at radius 3 is 2.16 bits per heavy atom. The lowest BCUT2D eigenvalue weighted by atomic mass is 9.99. The molecule has 1 fully saturated rings. The quantitative estimate of drug-likeness (QED) is 0.483. The summed E-state index contributed by atoms with van der Waals surface area (Å²) < 4.78 is 29.2. The molecule has 0 aromatic heterocycles. The smallest absolute Gasteiger partial charge is 0.191 e. The maximum Gasteiger partial charge on any atom is 0.191 e. The molecule has 1 heterocycles. The minimum absolute atomic E-state index is 0.354. The Kier molecular flexibility index (Phi) is 8.63. The fraction of sp³-hybridized carbons (Fsp3) is 0.941. The molecule has 0 unspecified atom stereocenters. The van der Waals surface area contributed by atoms with Gasteiger partial charge in [-0.05, 0) is 40.5 Å². The van der Waals surface area contributed by atoms with E-state index < -0.39 is 14.6 Å². The number of hydrogen-bond donors (Lipinski definition) is 2. The number of nitrogens with one attached hydrogen (secondary N) is 2. The normalized spacial score (nSPS) is 18.8. The molecule has 1 aliphatic heterocycles. The van der Waals surface area contributed by atoms with Gasteiger partial charge in [-0.2, -0.15) is 0 Å². The van der Waals surface area contributed by atoms with Crippen LogP contribution in [0.4, 0.5) is 0 Å². The van der Waals surface area contributed by atoms with Crippen molar-refractivity contribution in [2.24, 2.45) is 4.99 Å². The van der Waals surface area contributed by atoms with Gasteiger partial charge in [-0.1, -0.05) is 0 Å². The molecule has 0 spiro atoms. The van der Waals surface area contributed by atoms with Crippen LogP contribution >= 0.6 is 0 Å². The highest BCUT2D eigenvalue weighted by molar-refractivity contribution is 7.92. The van der Waals surface area contributed by atoms with E-state index in [0.717, 1.165) is 13.1 Å². The molecule has 1 rings (SSSR count). The summed E-state index contributed by atoms with van der Waals surface area (Å²) in [5.74, 6) is 0.641. The summed E-state index contributed by atoms with van der Waals surface area (Å²) in [6, 6.07) is 0.958. The lowest BCUT2D eigenvalue weighted by Gasteiger charge is -2.36. The van der Waals surface area contributed by atoms with Gasteiger partial charge in [-0.3, -0.25) is 9.89 Å². The maximum atomic E-state index is 12.3. The minimum atomic E-state index is -3.18. The number of aliphatic imine (C=N–C) groups is 1. The van der Waals surface area contributed by atoms with Crippen LogP contribution in [0, 0.1) is 0 Å². The molecule has 0 saturated carbocycles. The molecule has 0 bridgehead atoms.